The van der Waals surface area contributed by atoms with Gasteiger partial charge in [-0.25, -0.2) is 0 Å². The Kier molecular flexibility index (Phi) is 11.6. The average Bonchev–Trinajstić information content (AvgIpc) is 2.66. The van der Waals surface area contributed by atoms with E-state index in [1.165, 1.54) is 12.8 Å². The summed E-state index contributed by atoms with van der Waals surface area (Å²) >= 11 is 0. The molecule has 1 atom stereocenters. The molecule has 4 nitrogen and oxygen atoms in total. The maximum atomic E-state index is 9.60. The van der Waals surface area contributed by atoms with Crippen molar-refractivity contribution in [2.24, 2.45) is 0 Å². The Morgan fingerprint density at radius 2 is 1.94 bits per heavy atom. The standard InChI is InChI=1S/C6H13NO.C5H10O2.C2H6/c1-7-4-2-3-6(7)5-8;1-5(2,3)7-4-6;1-2/h6,8H,2-5H2,1H3;4H,1-3H3;1-2H3. The fraction of sp³-hybridized carbons (Fsp3) is 0.923. The second kappa shape index (κ2) is 10.5. The fourth-order valence-electron chi connectivity index (χ4n) is 1.35. The van der Waals surface area contributed by atoms with Crippen LogP contribution in [0.25, 0.3) is 0 Å². The van der Waals surface area contributed by atoms with E-state index in [0.717, 1.165) is 6.54 Å². The van der Waals surface area contributed by atoms with Gasteiger partial charge >= 0.3 is 0 Å². The minimum atomic E-state index is -0.318. The predicted molar refractivity (Wildman–Crippen MR) is 71.0 cm³/mol. The Bertz CT molecular complexity index is 178. The van der Waals surface area contributed by atoms with E-state index in [2.05, 4.69) is 16.7 Å². The molecular weight excluding hydrogens is 218 g/mol. The number of likely N-dealkylation sites (tertiary alicyclic amines) is 1. The van der Waals surface area contributed by atoms with Gasteiger partial charge in [0.1, 0.15) is 5.60 Å². The molecule has 1 aliphatic heterocycles. The van der Waals surface area contributed by atoms with E-state index in [-0.39, 0.29) is 5.60 Å². The van der Waals surface area contributed by atoms with Crippen LogP contribution in [0.1, 0.15) is 47.5 Å². The van der Waals surface area contributed by atoms with Gasteiger partial charge in [-0.3, -0.25) is 4.79 Å². The summed E-state index contributed by atoms with van der Waals surface area (Å²) in [6, 6.07) is 0.454. The molecule has 1 fully saturated rings. The van der Waals surface area contributed by atoms with E-state index in [1.54, 1.807) is 0 Å². The maximum absolute atomic E-state index is 9.60. The summed E-state index contributed by atoms with van der Waals surface area (Å²) in [5.41, 5.74) is -0.318. The zero-order chi connectivity index (χ0) is 13.9. The number of rotatable bonds is 2. The molecule has 0 saturated carbocycles. The molecule has 0 aromatic rings. The van der Waals surface area contributed by atoms with Crippen LogP contribution in [0.2, 0.25) is 0 Å². The highest BCUT2D eigenvalue weighted by Crippen LogP contribution is 2.12. The van der Waals surface area contributed by atoms with E-state index in [0.29, 0.717) is 19.1 Å². The SMILES string of the molecule is CC.CC(C)(C)OC=O.CN1CCCC1CO. The largest absolute Gasteiger partial charge is 0.462 e. The van der Waals surface area contributed by atoms with Gasteiger partial charge < -0.3 is 14.7 Å². The van der Waals surface area contributed by atoms with Gasteiger partial charge in [0.25, 0.3) is 6.47 Å². The van der Waals surface area contributed by atoms with Crippen molar-refractivity contribution in [3.8, 4) is 0 Å². The molecule has 17 heavy (non-hydrogen) atoms. The van der Waals surface area contributed by atoms with Crippen molar-refractivity contribution in [1.82, 2.24) is 4.90 Å². The van der Waals surface area contributed by atoms with Crippen molar-refractivity contribution in [2.75, 3.05) is 20.2 Å². The zero-order valence-corrected chi connectivity index (χ0v) is 12.2. The summed E-state index contributed by atoms with van der Waals surface area (Å²) in [6.07, 6.45) is 2.43. The summed E-state index contributed by atoms with van der Waals surface area (Å²) in [6.45, 7) is 11.4. The van der Waals surface area contributed by atoms with E-state index in [9.17, 15) is 4.79 Å². The Hall–Kier alpha value is -0.610. The molecule has 0 radical (unpaired) electrons. The molecule has 0 aromatic heterocycles. The first-order chi connectivity index (χ1) is 7.90. The second-order valence-electron chi connectivity index (χ2n) is 4.79. The molecule has 0 spiro atoms. The molecule has 1 N–H and O–H groups in total. The first-order valence-corrected chi connectivity index (χ1v) is 6.33. The molecular formula is C13H29NO3. The average molecular weight is 247 g/mol. The zero-order valence-electron chi connectivity index (χ0n) is 12.2. The molecule has 4 heteroatoms. The van der Waals surface area contributed by atoms with Crippen LogP contribution in [-0.2, 0) is 9.53 Å². The fourth-order valence-corrected chi connectivity index (χ4v) is 1.35. The van der Waals surface area contributed by atoms with Crippen LogP contribution in [0.3, 0.4) is 0 Å². The maximum Gasteiger partial charge on any atom is 0.293 e. The van der Waals surface area contributed by atoms with Gasteiger partial charge in [0.15, 0.2) is 0 Å². The molecule has 1 rings (SSSR count). The molecule has 104 valence electrons. The Morgan fingerprint density at radius 1 is 1.41 bits per heavy atom. The predicted octanol–water partition coefficient (Wildman–Crippen LogP) is 2.06. The lowest BCUT2D eigenvalue weighted by Crippen LogP contribution is -2.27. The normalized spacial score (nSPS) is 19.6. The molecule has 0 amide bonds. The van der Waals surface area contributed by atoms with Crippen LogP contribution in [0.15, 0.2) is 0 Å². The van der Waals surface area contributed by atoms with Crippen LogP contribution in [0.4, 0.5) is 0 Å². The smallest absolute Gasteiger partial charge is 0.293 e. The number of carbonyl (C=O) groups excluding carboxylic acids is 1. The van der Waals surface area contributed by atoms with E-state index in [1.807, 2.05) is 34.6 Å². The molecule has 1 aliphatic rings. The first-order valence-electron chi connectivity index (χ1n) is 6.33. The van der Waals surface area contributed by atoms with Crippen LogP contribution < -0.4 is 0 Å². The molecule has 0 aromatic carbocycles. The van der Waals surface area contributed by atoms with Crippen LogP contribution in [-0.4, -0.2) is 48.3 Å². The quantitative estimate of drug-likeness (QED) is 0.759. The molecule has 1 saturated heterocycles. The number of aliphatic hydroxyl groups excluding tert-OH is 1. The Morgan fingerprint density at radius 3 is 2.06 bits per heavy atom. The lowest BCUT2D eigenvalue weighted by molar-refractivity contribution is -0.138. The molecule has 0 bridgehead atoms. The van der Waals surface area contributed by atoms with Gasteiger partial charge in [0.2, 0.25) is 0 Å². The van der Waals surface area contributed by atoms with E-state index in [4.69, 9.17) is 5.11 Å². The summed E-state index contributed by atoms with van der Waals surface area (Å²) in [5, 5.41) is 8.69. The number of ether oxygens (including phenoxy) is 1. The van der Waals surface area contributed by atoms with Crippen molar-refractivity contribution >= 4 is 6.47 Å². The third-order valence-corrected chi connectivity index (χ3v) is 2.28. The molecule has 1 heterocycles. The lowest BCUT2D eigenvalue weighted by atomic mass is 10.2. The van der Waals surface area contributed by atoms with Crippen molar-refractivity contribution < 1.29 is 14.6 Å². The number of likely N-dealkylation sites (N-methyl/N-ethyl adjacent to an activating group) is 1. The lowest BCUT2D eigenvalue weighted by Gasteiger charge is -2.15. The summed E-state index contributed by atoms with van der Waals surface area (Å²) < 4.78 is 4.55. The van der Waals surface area contributed by atoms with Gasteiger partial charge in [-0.15, -0.1) is 0 Å². The van der Waals surface area contributed by atoms with Crippen molar-refractivity contribution in [3.63, 3.8) is 0 Å². The highest BCUT2D eigenvalue weighted by atomic mass is 16.5. The Labute approximate surface area is 106 Å². The van der Waals surface area contributed by atoms with Gasteiger partial charge in [-0.1, -0.05) is 13.8 Å². The minimum Gasteiger partial charge on any atom is -0.462 e. The highest BCUT2D eigenvalue weighted by Gasteiger charge is 2.18. The highest BCUT2D eigenvalue weighted by molar-refractivity contribution is 5.37. The molecule has 0 aliphatic carbocycles. The summed E-state index contributed by atoms with van der Waals surface area (Å²) in [5.74, 6) is 0. The van der Waals surface area contributed by atoms with Gasteiger partial charge in [0.05, 0.1) is 6.61 Å². The topological polar surface area (TPSA) is 49.8 Å². The Balaban J connectivity index is 0. The monoisotopic (exact) mass is 247 g/mol. The number of nitrogens with zero attached hydrogens (tertiary/aromatic N) is 1. The number of hydrogen-bond donors (Lipinski definition) is 1. The number of aliphatic hydroxyl groups is 1. The second-order valence-corrected chi connectivity index (χ2v) is 4.79. The third-order valence-electron chi connectivity index (χ3n) is 2.28. The minimum absolute atomic E-state index is 0.318. The van der Waals surface area contributed by atoms with Gasteiger partial charge in [-0.05, 0) is 47.2 Å². The van der Waals surface area contributed by atoms with Crippen LogP contribution in [0, 0.1) is 0 Å². The number of hydrogen-bond acceptors (Lipinski definition) is 4. The van der Waals surface area contributed by atoms with Gasteiger partial charge in [-0.2, -0.15) is 0 Å². The van der Waals surface area contributed by atoms with Crippen LogP contribution >= 0.6 is 0 Å². The molecule has 1 unspecified atom stereocenters. The number of carbonyl (C=O) groups is 1. The summed E-state index contributed by atoms with van der Waals surface area (Å²) in [4.78, 5) is 11.8. The van der Waals surface area contributed by atoms with E-state index < -0.39 is 0 Å². The van der Waals surface area contributed by atoms with Crippen molar-refractivity contribution in [2.45, 2.75) is 59.1 Å². The van der Waals surface area contributed by atoms with Crippen LogP contribution in [0.5, 0.6) is 0 Å². The third kappa shape index (κ3) is 11.6. The summed E-state index contributed by atoms with van der Waals surface area (Å²) in [7, 11) is 2.06. The van der Waals surface area contributed by atoms with Gasteiger partial charge in [0, 0.05) is 6.04 Å². The van der Waals surface area contributed by atoms with Crippen molar-refractivity contribution in [3.05, 3.63) is 0 Å². The first kappa shape index (κ1) is 18.7. The van der Waals surface area contributed by atoms with Crippen molar-refractivity contribution in [1.29, 1.82) is 0 Å². The van der Waals surface area contributed by atoms with E-state index >= 15 is 0 Å².